The van der Waals surface area contributed by atoms with Gasteiger partial charge in [-0.05, 0) is 26.0 Å². The SMILES string of the molecule is Cc1ccc(S(=O)(=O)N2CCN(C[C@H](C)O)CC2)s1. The fraction of sp³-hybridized carbons (Fsp3) is 0.667. The van der Waals surface area contributed by atoms with Gasteiger partial charge in [-0.1, -0.05) is 0 Å². The molecule has 2 rings (SSSR count). The molecule has 19 heavy (non-hydrogen) atoms. The molecule has 1 aromatic heterocycles. The molecule has 1 aliphatic rings. The monoisotopic (exact) mass is 304 g/mol. The number of piperazine rings is 1. The van der Waals surface area contributed by atoms with Gasteiger partial charge in [0.25, 0.3) is 10.0 Å². The quantitative estimate of drug-likeness (QED) is 0.891. The summed E-state index contributed by atoms with van der Waals surface area (Å²) < 4.78 is 26.8. The molecule has 0 radical (unpaired) electrons. The van der Waals surface area contributed by atoms with E-state index >= 15 is 0 Å². The van der Waals surface area contributed by atoms with E-state index < -0.39 is 10.0 Å². The lowest BCUT2D eigenvalue weighted by Crippen LogP contribution is -2.49. The van der Waals surface area contributed by atoms with E-state index in [0.29, 0.717) is 36.9 Å². The minimum atomic E-state index is -3.33. The molecule has 0 spiro atoms. The van der Waals surface area contributed by atoms with Crippen LogP contribution in [0.5, 0.6) is 0 Å². The number of aliphatic hydroxyl groups is 1. The Morgan fingerprint density at radius 2 is 1.95 bits per heavy atom. The Hall–Kier alpha value is -0.470. The molecule has 0 aliphatic carbocycles. The molecule has 1 fully saturated rings. The highest BCUT2D eigenvalue weighted by Crippen LogP contribution is 2.25. The van der Waals surface area contributed by atoms with Gasteiger partial charge in [0.05, 0.1) is 6.10 Å². The first kappa shape index (κ1) is 14.9. The van der Waals surface area contributed by atoms with E-state index in [0.717, 1.165) is 4.88 Å². The number of β-amino-alcohol motifs (C(OH)–C–C–N with tert-alkyl or cyclic N) is 1. The Balaban J connectivity index is 2.01. The van der Waals surface area contributed by atoms with Crippen LogP contribution in [0, 0.1) is 6.92 Å². The van der Waals surface area contributed by atoms with E-state index in [4.69, 9.17) is 0 Å². The topological polar surface area (TPSA) is 60.9 Å². The third-order valence-corrected chi connectivity index (χ3v) is 6.53. The van der Waals surface area contributed by atoms with Crippen molar-refractivity contribution in [1.82, 2.24) is 9.21 Å². The van der Waals surface area contributed by atoms with Gasteiger partial charge < -0.3 is 5.11 Å². The van der Waals surface area contributed by atoms with Gasteiger partial charge in [-0.15, -0.1) is 11.3 Å². The number of nitrogens with zero attached hydrogens (tertiary/aromatic N) is 2. The zero-order valence-corrected chi connectivity index (χ0v) is 12.9. The molecule has 0 saturated carbocycles. The minimum absolute atomic E-state index is 0.372. The summed E-state index contributed by atoms with van der Waals surface area (Å²) in [6, 6.07) is 3.51. The lowest BCUT2D eigenvalue weighted by atomic mass is 10.3. The molecule has 2 heterocycles. The summed E-state index contributed by atoms with van der Waals surface area (Å²) in [6.45, 7) is 6.59. The minimum Gasteiger partial charge on any atom is -0.392 e. The van der Waals surface area contributed by atoms with E-state index in [2.05, 4.69) is 4.90 Å². The summed E-state index contributed by atoms with van der Waals surface area (Å²) in [4.78, 5) is 3.10. The first-order chi connectivity index (χ1) is 8.89. The number of hydrogen-bond donors (Lipinski definition) is 1. The number of rotatable bonds is 4. The molecular formula is C12H20N2O3S2. The van der Waals surface area contributed by atoms with Crippen molar-refractivity contribution in [3.63, 3.8) is 0 Å². The van der Waals surface area contributed by atoms with Crippen molar-refractivity contribution >= 4 is 21.4 Å². The summed E-state index contributed by atoms with van der Waals surface area (Å²) in [5.41, 5.74) is 0. The molecule has 0 bridgehead atoms. The Kier molecular flexibility index (Phi) is 4.62. The summed E-state index contributed by atoms with van der Waals surface area (Å²) in [5.74, 6) is 0. The van der Waals surface area contributed by atoms with E-state index in [1.165, 1.54) is 15.6 Å². The molecule has 0 aromatic carbocycles. The fourth-order valence-corrected chi connectivity index (χ4v) is 5.06. The molecule has 0 amide bonds. The largest absolute Gasteiger partial charge is 0.392 e. The van der Waals surface area contributed by atoms with Crippen molar-refractivity contribution in [2.24, 2.45) is 0 Å². The average molecular weight is 304 g/mol. The molecule has 1 aromatic rings. The first-order valence-electron chi connectivity index (χ1n) is 6.36. The molecule has 1 aliphatic heterocycles. The van der Waals surface area contributed by atoms with Crippen LogP contribution in [0.2, 0.25) is 0 Å². The van der Waals surface area contributed by atoms with Gasteiger partial charge in [-0.3, -0.25) is 4.90 Å². The Morgan fingerprint density at radius 3 is 2.42 bits per heavy atom. The summed E-state index contributed by atoms with van der Waals surface area (Å²) in [5, 5.41) is 9.34. The lowest BCUT2D eigenvalue weighted by molar-refractivity contribution is 0.103. The van der Waals surface area contributed by atoms with Crippen molar-refractivity contribution in [3.05, 3.63) is 17.0 Å². The number of thiophene rings is 1. The first-order valence-corrected chi connectivity index (χ1v) is 8.62. The summed E-state index contributed by atoms with van der Waals surface area (Å²) in [7, 11) is -3.33. The standard InChI is InChI=1S/C12H20N2O3S2/c1-10(15)9-13-5-7-14(8-6-13)19(16,17)12-4-3-11(2)18-12/h3-4,10,15H,5-9H2,1-2H3/t10-/m0/s1. The highest BCUT2D eigenvalue weighted by Gasteiger charge is 2.29. The Labute approximate surface area is 118 Å². The zero-order chi connectivity index (χ0) is 14.0. The van der Waals surface area contributed by atoms with Gasteiger partial charge in [0.15, 0.2) is 0 Å². The van der Waals surface area contributed by atoms with Crippen molar-refractivity contribution in [1.29, 1.82) is 0 Å². The highest BCUT2D eigenvalue weighted by atomic mass is 32.2. The number of aryl methyl sites for hydroxylation is 1. The smallest absolute Gasteiger partial charge is 0.252 e. The highest BCUT2D eigenvalue weighted by molar-refractivity contribution is 7.91. The third-order valence-electron chi connectivity index (χ3n) is 3.16. The maximum atomic E-state index is 12.4. The third kappa shape index (κ3) is 3.55. The van der Waals surface area contributed by atoms with Crippen LogP contribution in [0.25, 0.3) is 0 Å². The van der Waals surface area contributed by atoms with Crippen LogP contribution in [0.3, 0.4) is 0 Å². The van der Waals surface area contributed by atoms with Gasteiger partial charge in [-0.25, -0.2) is 8.42 Å². The van der Waals surface area contributed by atoms with E-state index in [1.54, 1.807) is 13.0 Å². The van der Waals surface area contributed by atoms with Crippen LogP contribution in [-0.2, 0) is 10.0 Å². The predicted molar refractivity (Wildman–Crippen MR) is 75.9 cm³/mol. The average Bonchev–Trinajstić information content (AvgIpc) is 2.76. The Morgan fingerprint density at radius 1 is 1.32 bits per heavy atom. The van der Waals surface area contributed by atoms with E-state index in [-0.39, 0.29) is 6.10 Å². The van der Waals surface area contributed by atoms with Crippen LogP contribution in [0.4, 0.5) is 0 Å². The molecule has 7 heteroatoms. The van der Waals surface area contributed by atoms with Crippen molar-refractivity contribution in [2.75, 3.05) is 32.7 Å². The van der Waals surface area contributed by atoms with Gasteiger partial charge >= 0.3 is 0 Å². The summed E-state index contributed by atoms with van der Waals surface area (Å²) in [6.07, 6.45) is -0.372. The van der Waals surface area contributed by atoms with Gasteiger partial charge in [0.1, 0.15) is 4.21 Å². The Bertz CT molecular complexity index is 517. The maximum Gasteiger partial charge on any atom is 0.252 e. The zero-order valence-electron chi connectivity index (χ0n) is 11.2. The molecule has 5 nitrogen and oxygen atoms in total. The number of hydrogen-bond acceptors (Lipinski definition) is 5. The van der Waals surface area contributed by atoms with E-state index in [1.807, 2.05) is 13.0 Å². The van der Waals surface area contributed by atoms with Crippen LogP contribution in [0.1, 0.15) is 11.8 Å². The summed E-state index contributed by atoms with van der Waals surface area (Å²) >= 11 is 1.32. The second-order valence-electron chi connectivity index (χ2n) is 4.92. The van der Waals surface area contributed by atoms with Crippen LogP contribution in [0.15, 0.2) is 16.3 Å². The van der Waals surface area contributed by atoms with Crippen LogP contribution >= 0.6 is 11.3 Å². The van der Waals surface area contributed by atoms with Crippen LogP contribution in [-0.4, -0.2) is 61.6 Å². The maximum absolute atomic E-state index is 12.4. The van der Waals surface area contributed by atoms with Gasteiger partial charge in [0.2, 0.25) is 0 Å². The fourth-order valence-electron chi connectivity index (χ4n) is 2.20. The molecule has 1 N–H and O–H groups in total. The lowest BCUT2D eigenvalue weighted by Gasteiger charge is -2.34. The number of aliphatic hydroxyl groups excluding tert-OH is 1. The molecule has 1 saturated heterocycles. The van der Waals surface area contributed by atoms with Crippen molar-refractivity contribution < 1.29 is 13.5 Å². The second kappa shape index (κ2) is 5.88. The van der Waals surface area contributed by atoms with E-state index in [9.17, 15) is 13.5 Å². The van der Waals surface area contributed by atoms with Crippen molar-refractivity contribution in [3.8, 4) is 0 Å². The van der Waals surface area contributed by atoms with Crippen molar-refractivity contribution in [2.45, 2.75) is 24.2 Å². The molecule has 0 unspecified atom stereocenters. The number of sulfonamides is 1. The predicted octanol–water partition coefficient (Wildman–Crippen LogP) is 0.744. The van der Waals surface area contributed by atoms with Gasteiger partial charge in [-0.2, -0.15) is 4.31 Å². The second-order valence-corrected chi connectivity index (χ2v) is 8.37. The van der Waals surface area contributed by atoms with Gasteiger partial charge in [0, 0.05) is 37.6 Å². The normalized spacial score (nSPS) is 20.6. The van der Waals surface area contributed by atoms with Crippen LogP contribution < -0.4 is 0 Å². The molecule has 108 valence electrons. The molecule has 1 atom stereocenters. The molecular weight excluding hydrogens is 284 g/mol.